The van der Waals surface area contributed by atoms with Gasteiger partial charge in [0.05, 0.1) is 6.16 Å². The fourth-order valence-electron chi connectivity index (χ4n) is 3.42. The van der Waals surface area contributed by atoms with E-state index in [0.29, 0.717) is 0 Å². The third-order valence-electron chi connectivity index (χ3n) is 5.07. The van der Waals surface area contributed by atoms with E-state index in [0.717, 1.165) is 23.3 Å². The van der Waals surface area contributed by atoms with E-state index in [2.05, 4.69) is 91.0 Å². The fourth-order valence-corrected chi connectivity index (χ4v) is 9.50. The van der Waals surface area contributed by atoms with Crippen LogP contribution in [0.2, 0.25) is 0 Å². The van der Waals surface area contributed by atoms with Gasteiger partial charge in [0.15, 0.2) is 20.0 Å². The zero-order chi connectivity index (χ0) is 28.7. The Hall–Kier alpha value is -2.51. The molecule has 0 amide bonds. The van der Waals surface area contributed by atoms with Gasteiger partial charge in [-0.3, -0.25) is 0 Å². The van der Waals surface area contributed by atoms with Crippen molar-refractivity contribution >= 4 is 43.2 Å². The maximum atomic E-state index is 11.4. The van der Waals surface area contributed by atoms with Crippen LogP contribution < -0.4 is 21.6 Å². The minimum Gasteiger partial charge on any atom is -0.421 e. The van der Waals surface area contributed by atoms with Crippen LogP contribution in [-0.2, 0) is 20.0 Å². The smallest absolute Gasteiger partial charge is 0.421 e. The van der Waals surface area contributed by atoms with E-state index in [-0.39, 0.29) is 0 Å². The van der Waals surface area contributed by atoms with Crippen LogP contribution in [0.25, 0.3) is 4.13 Å². The number of alkyl halides is 6. The van der Waals surface area contributed by atoms with E-state index in [1.54, 1.807) is 0 Å². The van der Waals surface area contributed by atoms with Gasteiger partial charge in [0, 0.05) is 0 Å². The minimum absolute atomic E-state index is 0.730. The maximum Gasteiger partial charge on any atom is 0.480 e. The molecule has 0 aliphatic rings. The van der Waals surface area contributed by atoms with Crippen molar-refractivity contribution in [2.75, 3.05) is 12.7 Å². The molecule has 0 aromatic heterocycles. The topological polar surface area (TPSA) is 108 Å². The lowest BCUT2D eigenvalue weighted by atomic mass is 10.4. The van der Waals surface area contributed by atoms with Crippen LogP contribution in [0.3, 0.4) is 0 Å². The highest BCUT2D eigenvalue weighted by Crippen LogP contribution is 2.55. The molecule has 208 valence electrons. The van der Waals surface area contributed by atoms with Gasteiger partial charge in [-0.25, -0.2) is 16.8 Å². The maximum absolute atomic E-state index is 11.4. The number of hydrogen-bond donors (Lipinski definition) is 1. The molecule has 0 atom stereocenters. The molecule has 0 spiro atoms. The number of hydrogen-bond acceptors (Lipinski definition) is 5. The van der Waals surface area contributed by atoms with E-state index >= 15 is 0 Å². The second-order valence-corrected chi connectivity index (χ2v) is 14.6. The molecular weight excluding hydrogens is 577 g/mol. The highest BCUT2D eigenvalue weighted by molar-refractivity contribution is 8.13. The molecule has 3 rings (SSSR count). The summed E-state index contributed by atoms with van der Waals surface area (Å²) in [5.74, 6) is 0. The predicted octanol–water partition coefficient (Wildman–Crippen LogP) is 4.39. The Morgan fingerprint density at radius 2 is 0.895 bits per heavy atom. The Kier molecular flexibility index (Phi) is 10.5. The van der Waals surface area contributed by atoms with E-state index < -0.39 is 38.3 Å². The van der Waals surface area contributed by atoms with Crippen LogP contribution in [0.4, 0.5) is 26.3 Å². The molecule has 3 aromatic carbocycles. The van der Waals surface area contributed by atoms with Crippen LogP contribution in [0, 0.1) is 0 Å². The summed E-state index contributed by atoms with van der Waals surface area (Å²) < 4.78 is 109. The third-order valence-corrected chi connectivity index (χ3v) is 12.3. The van der Waals surface area contributed by atoms with Gasteiger partial charge < -0.3 is 9.86 Å². The number of halogens is 6. The monoisotopic (exact) mass is 600 g/mol. The molecule has 0 aliphatic heterocycles. The summed E-state index contributed by atoms with van der Waals surface area (Å²) in [6, 6.07) is 32.9. The van der Waals surface area contributed by atoms with Gasteiger partial charge in [-0.2, -0.15) is 26.3 Å². The Labute approximate surface area is 217 Å². The van der Waals surface area contributed by atoms with Crippen molar-refractivity contribution in [2.24, 2.45) is 5.73 Å². The van der Waals surface area contributed by atoms with Gasteiger partial charge in [0.2, 0.25) is 0 Å². The number of rotatable bonds is 8. The zero-order valence-corrected chi connectivity index (χ0v) is 22.0. The molecule has 0 bridgehead atoms. The number of sulfonamides is 2. The van der Waals surface area contributed by atoms with Crippen molar-refractivity contribution in [1.29, 1.82) is 0 Å². The van der Waals surface area contributed by atoms with Crippen LogP contribution in [-0.4, -0.2) is 40.6 Å². The standard InChI is InChI=1S/C21H23NP.C2F6NO4S2/c22-17-10-18-23(19-11-4-1-5-12-19,20-13-6-2-7-14-20)21-15-8-3-9-16-21;3-1(4,5)14(10,11)9-15(12,13)2(6,7)8/h1-9,11-16H,10,17-18,22H2;/q+1;-1. The first-order chi connectivity index (χ1) is 17.6. The molecule has 0 radical (unpaired) electrons. The molecule has 0 aliphatic carbocycles. The largest absolute Gasteiger partial charge is 0.480 e. The van der Waals surface area contributed by atoms with Crippen molar-refractivity contribution in [3.8, 4) is 0 Å². The molecule has 0 fully saturated rings. The van der Waals surface area contributed by atoms with Crippen LogP contribution >= 0.6 is 7.26 Å². The van der Waals surface area contributed by atoms with Gasteiger partial charge in [0.1, 0.15) is 23.2 Å². The van der Waals surface area contributed by atoms with Crippen molar-refractivity contribution < 1.29 is 43.2 Å². The van der Waals surface area contributed by atoms with E-state index in [1.807, 2.05) is 0 Å². The molecular formula is C23H23F6N2O4PS2. The number of benzene rings is 3. The summed E-state index contributed by atoms with van der Waals surface area (Å²) in [6.07, 6.45) is 2.15. The average Bonchev–Trinajstić information content (AvgIpc) is 2.85. The Morgan fingerprint density at radius 1 is 0.605 bits per heavy atom. The molecule has 0 heterocycles. The predicted molar refractivity (Wildman–Crippen MR) is 137 cm³/mol. The summed E-state index contributed by atoms with van der Waals surface area (Å²) in [7, 11) is -15.1. The third kappa shape index (κ3) is 7.54. The summed E-state index contributed by atoms with van der Waals surface area (Å²) in [5, 5.41) is 4.31. The molecule has 2 N–H and O–H groups in total. The van der Waals surface area contributed by atoms with Gasteiger partial charge in [-0.15, -0.1) is 0 Å². The lowest BCUT2D eigenvalue weighted by Crippen LogP contribution is -2.33. The normalized spacial score (nSPS) is 12.9. The fraction of sp³-hybridized carbons (Fsp3) is 0.217. The van der Waals surface area contributed by atoms with Crippen LogP contribution in [0.5, 0.6) is 0 Å². The first-order valence-electron chi connectivity index (χ1n) is 10.7. The molecule has 0 saturated carbocycles. The van der Waals surface area contributed by atoms with Crippen LogP contribution in [0.1, 0.15) is 6.42 Å². The summed E-state index contributed by atoms with van der Waals surface area (Å²) in [5.41, 5.74) is -6.52. The summed E-state index contributed by atoms with van der Waals surface area (Å²) in [6.45, 7) is 0.730. The quantitative estimate of drug-likeness (QED) is 0.305. The SMILES string of the molecule is NCCC[P+](c1ccccc1)(c1ccccc1)c1ccccc1.O=S(=O)([N-]S(=O)(=O)C(F)(F)F)C(F)(F)F. The Morgan fingerprint density at radius 3 is 1.13 bits per heavy atom. The average molecular weight is 601 g/mol. The second-order valence-electron chi connectivity index (χ2n) is 7.60. The van der Waals surface area contributed by atoms with E-state index in [1.165, 1.54) is 15.9 Å². The van der Waals surface area contributed by atoms with E-state index in [9.17, 15) is 43.2 Å². The molecule has 6 nitrogen and oxygen atoms in total. The first-order valence-corrected chi connectivity index (χ1v) is 15.6. The lowest BCUT2D eigenvalue weighted by Gasteiger charge is -2.27. The van der Waals surface area contributed by atoms with Crippen LogP contribution in [0.15, 0.2) is 91.0 Å². The van der Waals surface area contributed by atoms with Gasteiger partial charge in [-0.05, 0) is 49.4 Å². The minimum atomic E-state index is -6.72. The van der Waals surface area contributed by atoms with Gasteiger partial charge in [0.25, 0.3) is 0 Å². The lowest BCUT2D eigenvalue weighted by molar-refractivity contribution is -0.0444. The Bertz CT molecular complexity index is 1230. The number of nitrogens with zero attached hydrogens (tertiary/aromatic N) is 1. The van der Waals surface area contributed by atoms with Crippen molar-refractivity contribution in [3.05, 3.63) is 95.1 Å². The van der Waals surface area contributed by atoms with Gasteiger partial charge in [-0.1, -0.05) is 54.6 Å². The summed E-state index contributed by atoms with van der Waals surface area (Å²) >= 11 is 0. The highest BCUT2D eigenvalue weighted by Gasteiger charge is 2.47. The van der Waals surface area contributed by atoms with Crippen molar-refractivity contribution in [1.82, 2.24) is 0 Å². The molecule has 0 saturated heterocycles. The summed E-state index contributed by atoms with van der Waals surface area (Å²) in [4.78, 5) is 0. The number of nitrogens with two attached hydrogens (primary N) is 1. The molecule has 0 unspecified atom stereocenters. The Balaban J connectivity index is 0.000000296. The van der Waals surface area contributed by atoms with E-state index in [4.69, 9.17) is 5.73 Å². The first kappa shape index (κ1) is 31.7. The van der Waals surface area contributed by atoms with Crippen molar-refractivity contribution in [2.45, 2.75) is 17.4 Å². The van der Waals surface area contributed by atoms with Gasteiger partial charge >= 0.3 is 11.0 Å². The highest BCUT2D eigenvalue weighted by atomic mass is 32.3. The molecule has 38 heavy (non-hydrogen) atoms. The zero-order valence-electron chi connectivity index (χ0n) is 19.5. The van der Waals surface area contributed by atoms with Crippen molar-refractivity contribution in [3.63, 3.8) is 0 Å². The molecule has 3 aromatic rings. The molecule has 15 heteroatoms. The second kappa shape index (κ2) is 12.6.